The third-order valence-corrected chi connectivity index (χ3v) is 6.61. The van der Waals surface area contributed by atoms with E-state index in [0.29, 0.717) is 35.3 Å². The van der Waals surface area contributed by atoms with Gasteiger partial charge in [-0.1, -0.05) is 6.07 Å². The number of aromatic nitrogens is 3. The van der Waals surface area contributed by atoms with Gasteiger partial charge in [-0.05, 0) is 67.3 Å². The Hall–Kier alpha value is -3.00. The van der Waals surface area contributed by atoms with E-state index in [1.54, 1.807) is 23.5 Å². The number of carbonyl (C=O) groups excluding carboxylic acids is 1. The summed E-state index contributed by atoms with van der Waals surface area (Å²) in [6, 6.07) is 10.1. The molecule has 6 nitrogen and oxygen atoms in total. The van der Waals surface area contributed by atoms with Crippen molar-refractivity contribution in [2.24, 2.45) is 5.92 Å². The van der Waals surface area contributed by atoms with Crippen molar-refractivity contribution in [2.75, 3.05) is 6.54 Å². The topological polar surface area (TPSA) is 83.8 Å². The normalized spacial score (nSPS) is 19.2. The highest BCUT2D eigenvalue weighted by Gasteiger charge is 2.27. The Morgan fingerprint density at radius 2 is 2.07 bits per heavy atom. The zero-order valence-electron chi connectivity index (χ0n) is 16.2. The van der Waals surface area contributed by atoms with Gasteiger partial charge in [0.05, 0.1) is 4.88 Å². The number of hydrogen-bond acceptors (Lipinski definition) is 5. The van der Waals surface area contributed by atoms with Crippen molar-refractivity contribution in [1.82, 2.24) is 20.5 Å². The molecule has 0 unspecified atom stereocenters. The smallest absolute Gasteiger partial charge is 0.267 e. The largest absolute Gasteiger partial charge is 0.420 e. The lowest BCUT2D eigenvalue weighted by Gasteiger charge is -2.26. The molecule has 1 amide bonds. The number of benzene rings is 1. The molecule has 2 N–H and O–H groups in total. The first-order chi connectivity index (χ1) is 14.7. The Bertz CT molecular complexity index is 1160. The van der Waals surface area contributed by atoms with E-state index >= 15 is 0 Å². The van der Waals surface area contributed by atoms with Crippen molar-refractivity contribution in [3.05, 3.63) is 59.2 Å². The highest BCUT2D eigenvalue weighted by atomic mass is 32.1. The first kappa shape index (κ1) is 19.0. The lowest BCUT2D eigenvalue weighted by atomic mass is 9.82. The van der Waals surface area contributed by atoms with Crippen LogP contribution in [-0.2, 0) is 0 Å². The van der Waals surface area contributed by atoms with Crippen LogP contribution >= 0.6 is 11.3 Å². The Morgan fingerprint density at radius 3 is 2.87 bits per heavy atom. The molecule has 0 aliphatic heterocycles. The van der Waals surface area contributed by atoms with Crippen molar-refractivity contribution < 1.29 is 13.6 Å². The third-order valence-electron chi connectivity index (χ3n) is 5.75. The Labute approximate surface area is 176 Å². The maximum absolute atomic E-state index is 13.3. The molecule has 0 bridgehead atoms. The molecule has 3 heterocycles. The van der Waals surface area contributed by atoms with Gasteiger partial charge in [-0.2, -0.15) is 0 Å². The predicted molar refractivity (Wildman–Crippen MR) is 113 cm³/mol. The monoisotopic (exact) mass is 424 g/mol. The van der Waals surface area contributed by atoms with Gasteiger partial charge in [0, 0.05) is 23.4 Å². The van der Waals surface area contributed by atoms with E-state index in [9.17, 15) is 9.18 Å². The fourth-order valence-corrected chi connectivity index (χ4v) is 4.72. The van der Waals surface area contributed by atoms with E-state index in [2.05, 4.69) is 20.5 Å². The lowest BCUT2D eigenvalue weighted by Crippen LogP contribution is -2.31. The predicted octanol–water partition coefficient (Wildman–Crippen LogP) is 5.12. The number of hydrogen-bond donors (Lipinski definition) is 2. The van der Waals surface area contributed by atoms with Gasteiger partial charge in [-0.25, -0.2) is 4.39 Å². The Kier molecular flexibility index (Phi) is 5.08. The maximum Gasteiger partial charge on any atom is 0.267 e. The highest BCUT2D eigenvalue weighted by Crippen LogP contribution is 2.36. The van der Waals surface area contributed by atoms with Crippen molar-refractivity contribution in [3.63, 3.8) is 0 Å². The van der Waals surface area contributed by atoms with E-state index in [4.69, 9.17) is 4.42 Å². The molecular weight excluding hydrogens is 403 g/mol. The average molecular weight is 425 g/mol. The third kappa shape index (κ3) is 3.87. The summed E-state index contributed by atoms with van der Waals surface area (Å²) in [4.78, 5) is 16.5. The molecule has 0 saturated heterocycles. The van der Waals surface area contributed by atoms with Crippen molar-refractivity contribution in [3.8, 4) is 10.8 Å². The SMILES string of the molecule is O=C(NCC1CCC(c2nnc(-c3cccs3)o2)CC1)c1cc2cc(F)ccc2[nH]1. The summed E-state index contributed by atoms with van der Waals surface area (Å²) in [7, 11) is 0. The van der Waals surface area contributed by atoms with E-state index in [0.717, 1.165) is 36.1 Å². The minimum atomic E-state index is -0.311. The highest BCUT2D eigenvalue weighted by molar-refractivity contribution is 7.13. The molecule has 154 valence electrons. The van der Waals surface area contributed by atoms with Crippen LogP contribution in [0, 0.1) is 11.7 Å². The van der Waals surface area contributed by atoms with Crippen LogP contribution in [0.1, 0.15) is 48.0 Å². The molecule has 1 aliphatic rings. The van der Waals surface area contributed by atoms with E-state index < -0.39 is 0 Å². The second kappa shape index (κ2) is 8.02. The lowest BCUT2D eigenvalue weighted by molar-refractivity contribution is 0.0938. The molecule has 8 heteroatoms. The molecule has 5 rings (SSSR count). The zero-order chi connectivity index (χ0) is 20.5. The molecule has 0 spiro atoms. The summed E-state index contributed by atoms with van der Waals surface area (Å²) in [5.74, 6) is 1.53. The molecule has 30 heavy (non-hydrogen) atoms. The van der Waals surface area contributed by atoms with Crippen LogP contribution in [0.25, 0.3) is 21.7 Å². The van der Waals surface area contributed by atoms with Crippen LogP contribution in [0.3, 0.4) is 0 Å². The summed E-state index contributed by atoms with van der Waals surface area (Å²) in [6.45, 7) is 0.625. The minimum absolute atomic E-state index is 0.161. The van der Waals surface area contributed by atoms with E-state index in [1.807, 2.05) is 17.5 Å². The second-order valence-corrected chi connectivity index (χ2v) is 8.71. The average Bonchev–Trinajstić information content (AvgIpc) is 3.52. The first-order valence-corrected chi connectivity index (χ1v) is 11.0. The van der Waals surface area contributed by atoms with Gasteiger partial charge in [0.1, 0.15) is 11.5 Å². The number of nitrogens with one attached hydrogen (secondary N) is 2. The number of amides is 1. The number of halogens is 1. The number of nitrogens with zero attached hydrogens (tertiary/aromatic N) is 2. The van der Waals surface area contributed by atoms with Crippen LogP contribution in [-0.4, -0.2) is 27.6 Å². The maximum atomic E-state index is 13.3. The molecule has 3 aromatic heterocycles. The molecule has 0 atom stereocenters. The van der Waals surface area contributed by atoms with Gasteiger partial charge in [-0.3, -0.25) is 4.79 Å². The van der Waals surface area contributed by atoms with Crippen molar-refractivity contribution >= 4 is 28.1 Å². The molecule has 0 radical (unpaired) electrons. The second-order valence-electron chi connectivity index (χ2n) is 7.77. The summed E-state index contributed by atoms with van der Waals surface area (Å²) >= 11 is 1.59. The van der Waals surface area contributed by atoms with Gasteiger partial charge in [0.25, 0.3) is 11.8 Å². The molecule has 1 aromatic carbocycles. The molecule has 1 fully saturated rings. The fourth-order valence-electron chi connectivity index (χ4n) is 4.07. The van der Waals surface area contributed by atoms with E-state index in [1.165, 1.54) is 12.1 Å². The molecule has 1 aliphatic carbocycles. The first-order valence-electron chi connectivity index (χ1n) is 10.1. The van der Waals surface area contributed by atoms with E-state index in [-0.39, 0.29) is 17.6 Å². The summed E-state index contributed by atoms with van der Waals surface area (Å²) in [5, 5.41) is 14.1. The standard InChI is InChI=1S/C22H21FN4O2S/c23-16-7-8-17-15(10-16)11-18(25-17)20(28)24-12-13-3-5-14(6-4-13)21-26-27-22(29-21)19-2-1-9-30-19/h1-2,7-11,13-14,25H,3-6,12H2,(H,24,28). The number of thiophene rings is 1. The Balaban J connectivity index is 1.14. The van der Waals surface area contributed by atoms with Crippen LogP contribution in [0.5, 0.6) is 0 Å². The van der Waals surface area contributed by atoms with Gasteiger partial charge in [0.15, 0.2) is 0 Å². The number of rotatable bonds is 5. The number of H-pyrrole nitrogens is 1. The minimum Gasteiger partial charge on any atom is -0.420 e. The van der Waals surface area contributed by atoms with Gasteiger partial charge in [-0.15, -0.1) is 21.5 Å². The number of fused-ring (bicyclic) bond motifs is 1. The zero-order valence-corrected chi connectivity index (χ0v) is 17.0. The number of carbonyl (C=O) groups is 1. The van der Waals surface area contributed by atoms with Crippen LogP contribution in [0.15, 0.2) is 46.2 Å². The van der Waals surface area contributed by atoms with Gasteiger partial charge in [0.2, 0.25) is 5.89 Å². The summed E-state index contributed by atoms with van der Waals surface area (Å²) in [6.07, 6.45) is 3.94. The summed E-state index contributed by atoms with van der Waals surface area (Å²) in [5.41, 5.74) is 1.21. The Morgan fingerprint density at radius 1 is 1.20 bits per heavy atom. The quantitative estimate of drug-likeness (QED) is 0.466. The van der Waals surface area contributed by atoms with Gasteiger partial charge >= 0.3 is 0 Å². The summed E-state index contributed by atoms with van der Waals surface area (Å²) < 4.78 is 19.2. The van der Waals surface area contributed by atoms with Crippen LogP contribution < -0.4 is 5.32 Å². The molecule has 4 aromatic rings. The van der Waals surface area contributed by atoms with Crippen LogP contribution in [0.2, 0.25) is 0 Å². The number of aromatic amines is 1. The fraction of sp³-hybridized carbons (Fsp3) is 0.318. The molecular formula is C22H21FN4O2S. The van der Waals surface area contributed by atoms with Crippen molar-refractivity contribution in [2.45, 2.75) is 31.6 Å². The van der Waals surface area contributed by atoms with Crippen molar-refractivity contribution in [1.29, 1.82) is 0 Å². The van der Waals surface area contributed by atoms with Gasteiger partial charge < -0.3 is 14.7 Å². The molecule has 1 saturated carbocycles. The van der Waals surface area contributed by atoms with Crippen LogP contribution in [0.4, 0.5) is 4.39 Å².